The van der Waals surface area contributed by atoms with Gasteiger partial charge in [-0.1, -0.05) is 78.9 Å². The number of nitrogens with zero attached hydrogens (tertiary/aromatic N) is 3. The molecular formula is C25H21N3O3S. The van der Waals surface area contributed by atoms with E-state index in [0.717, 1.165) is 11.3 Å². The molecule has 160 valence electrons. The van der Waals surface area contributed by atoms with Crippen molar-refractivity contribution in [2.75, 3.05) is 4.31 Å². The van der Waals surface area contributed by atoms with Crippen LogP contribution in [-0.2, 0) is 16.6 Å². The van der Waals surface area contributed by atoms with Gasteiger partial charge < -0.3 is 0 Å². The van der Waals surface area contributed by atoms with Crippen LogP contribution in [0.1, 0.15) is 32.7 Å². The van der Waals surface area contributed by atoms with Gasteiger partial charge in [-0.05, 0) is 30.2 Å². The lowest BCUT2D eigenvalue weighted by molar-refractivity contribution is 0.0978. The Labute approximate surface area is 186 Å². The Hall–Kier alpha value is -3.71. The molecule has 7 heteroatoms. The molecule has 0 spiro atoms. The first kappa shape index (κ1) is 20.2. The highest BCUT2D eigenvalue weighted by atomic mass is 32.2. The van der Waals surface area contributed by atoms with Gasteiger partial charge in [-0.2, -0.15) is 0 Å². The number of rotatable bonds is 4. The highest BCUT2D eigenvalue weighted by molar-refractivity contribution is 7.93. The largest absolute Gasteiger partial charge is 0.292 e. The fourth-order valence-electron chi connectivity index (χ4n) is 4.18. The maximum atomic E-state index is 13.8. The summed E-state index contributed by atoms with van der Waals surface area (Å²) >= 11 is 0. The number of carbonyl (C=O) groups excluding carboxylic acids is 1. The van der Waals surface area contributed by atoms with Crippen molar-refractivity contribution in [3.8, 4) is 5.69 Å². The Bertz CT molecular complexity index is 1380. The topological polar surface area (TPSA) is 72.3 Å². The summed E-state index contributed by atoms with van der Waals surface area (Å²) in [5.41, 5.74) is 2.31. The van der Waals surface area contributed by atoms with E-state index in [9.17, 15) is 13.2 Å². The molecule has 0 bridgehead atoms. The van der Waals surface area contributed by atoms with Gasteiger partial charge >= 0.3 is 0 Å². The number of aryl methyl sites for hydroxylation is 1. The summed E-state index contributed by atoms with van der Waals surface area (Å²) in [4.78, 5) is 18.3. The lowest BCUT2D eigenvalue weighted by atomic mass is 10.1. The first-order chi connectivity index (χ1) is 15.5. The number of imidazole rings is 1. The van der Waals surface area contributed by atoms with Crippen LogP contribution in [0.15, 0.2) is 91.0 Å². The molecule has 1 aromatic heterocycles. The summed E-state index contributed by atoms with van der Waals surface area (Å²) in [6.07, 6.45) is 0. The second-order valence-electron chi connectivity index (χ2n) is 7.69. The van der Waals surface area contributed by atoms with Gasteiger partial charge in [-0.15, -0.1) is 0 Å². The van der Waals surface area contributed by atoms with Gasteiger partial charge in [-0.25, -0.2) is 17.7 Å². The molecule has 0 saturated carbocycles. The Kier molecular flexibility index (Phi) is 4.90. The summed E-state index contributed by atoms with van der Waals surface area (Å²) in [5.74, 6) is 0.254. The van der Waals surface area contributed by atoms with Crippen LogP contribution >= 0.6 is 0 Å². The number of ketones is 1. The molecule has 0 radical (unpaired) electrons. The van der Waals surface area contributed by atoms with E-state index < -0.39 is 21.1 Å². The lowest BCUT2D eigenvalue weighted by Gasteiger charge is -2.32. The van der Waals surface area contributed by atoms with Crippen molar-refractivity contribution in [1.82, 2.24) is 9.55 Å². The van der Waals surface area contributed by atoms with Crippen molar-refractivity contribution in [1.29, 1.82) is 0 Å². The van der Waals surface area contributed by atoms with Gasteiger partial charge in [0.2, 0.25) is 5.78 Å². The maximum Gasteiger partial charge on any atom is 0.251 e. The van der Waals surface area contributed by atoms with E-state index in [2.05, 4.69) is 4.98 Å². The van der Waals surface area contributed by atoms with Crippen molar-refractivity contribution < 1.29 is 13.2 Å². The van der Waals surface area contributed by atoms with E-state index in [4.69, 9.17) is 0 Å². The minimum atomic E-state index is -4.06. The van der Waals surface area contributed by atoms with Crippen molar-refractivity contribution in [3.05, 3.63) is 114 Å². The second-order valence-corrected chi connectivity index (χ2v) is 9.64. The summed E-state index contributed by atoms with van der Waals surface area (Å²) in [7, 11) is -4.06. The van der Waals surface area contributed by atoms with Gasteiger partial charge in [0.15, 0.2) is 11.1 Å². The van der Waals surface area contributed by atoms with E-state index >= 15 is 0 Å². The number of fused-ring (bicyclic) bond motifs is 1. The third kappa shape index (κ3) is 3.22. The highest BCUT2D eigenvalue weighted by Gasteiger charge is 2.48. The molecule has 1 aliphatic heterocycles. The zero-order valence-electron chi connectivity index (χ0n) is 17.4. The SMILES string of the molecule is Cc1nc2c(n1-c1ccccc1)C(=O)C(c1ccccc1)S(=O)(=O)N2Cc1ccccc1. The Morgan fingerprint density at radius 3 is 2.03 bits per heavy atom. The quantitative estimate of drug-likeness (QED) is 0.467. The molecule has 2 heterocycles. The van der Waals surface area contributed by atoms with Crippen molar-refractivity contribution in [2.45, 2.75) is 18.7 Å². The van der Waals surface area contributed by atoms with Crippen LogP contribution in [-0.4, -0.2) is 23.8 Å². The van der Waals surface area contributed by atoms with Gasteiger partial charge in [-0.3, -0.25) is 9.36 Å². The van der Waals surface area contributed by atoms with Crippen LogP contribution in [0.3, 0.4) is 0 Å². The fraction of sp³-hybridized carbons (Fsp3) is 0.120. The van der Waals surface area contributed by atoms with Crippen molar-refractivity contribution >= 4 is 21.6 Å². The standard InChI is InChI=1S/C25H21N3O3S/c1-18-26-25-22(28(18)21-15-9-4-10-16-21)23(29)24(20-13-7-3-8-14-20)32(30,31)27(25)17-19-11-5-2-6-12-19/h2-16,24H,17H2,1H3. The summed E-state index contributed by atoms with van der Waals surface area (Å²) in [6.45, 7) is 1.88. The Morgan fingerprint density at radius 1 is 0.844 bits per heavy atom. The van der Waals surface area contributed by atoms with E-state index in [1.807, 2.05) is 60.7 Å². The number of sulfonamides is 1. The first-order valence-corrected chi connectivity index (χ1v) is 11.8. The number of aromatic nitrogens is 2. The van der Waals surface area contributed by atoms with E-state index in [0.29, 0.717) is 11.4 Å². The van der Waals surface area contributed by atoms with Crippen molar-refractivity contribution in [3.63, 3.8) is 0 Å². The van der Waals surface area contributed by atoms with Gasteiger partial charge in [0.05, 0.1) is 6.54 Å². The van der Waals surface area contributed by atoms with Crippen molar-refractivity contribution in [2.24, 2.45) is 0 Å². The van der Waals surface area contributed by atoms with Crippen LogP contribution in [0.2, 0.25) is 0 Å². The highest BCUT2D eigenvalue weighted by Crippen LogP contribution is 2.42. The molecule has 0 fully saturated rings. The van der Waals surface area contributed by atoms with Crippen LogP contribution in [0.4, 0.5) is 5.82 Å². The molecule has 6 nitrogen and oxygen atoms in total. The molecule has 0 saturated heterocycles. The molecule has 1 atom stereocenters. The lowest BCUT2D eigenvalue weighted by Crippen LogP contribution is -2.43. The van der Waals surface area contributed by atoms with E-state index in [1.165, 1.54) is 4.31 Å². The monoisotopic (exact) mass is 443 g/mol. The zero-order chi connectivity index (χ0) is 22.3. The third-order valence-electron chi connectivity index (χ3n) is 5.63. The normalized spacial score (nSPS) is 17.2. The number of carbonyl (C=O) groups is 1. The third-order valence-corrected chi connectivity index (χ3v) is 7.62. The zero-order valence-corrected chi connectivity index (χ0v) is 18.2. The molecular weight excluding hydrogens is 422 g/mol. The molecule has 5 rings (SSSR count). The summed E-state index contributed by atoms with van der Waals surface area (Å²) in [5, 5.41) is -1.33. The maximum absolute atomic E-state index is 13.8. The molecule has 0 amide bonds. The molecule has 1 unspecified atom stereocenters. The van der Waals surface area contributed by atoms with Crippen LogP contribution in [0.5, 0.6) is 0 Å². The number of para-hydroxylation sites is 1. The molecule has 3 aromatic carbocycles. The predicted molar refractivity (Wildman–Crippen MR) is 123 cm³/mol. The molecule has 4 aromatic rings. The number of hydrogen-bond acceptors (Lipinski definition) is 4. The van der Waals surface area contributed by atoms with Crippen LogP contribution < -0.4 is 4.31 Å². The molecule has 0 N–H and O–H groups in total. The fourth-order valence-corrected chi connectivity index (χ4v) is 6.01. The van der Waals surface area contributed by atoms with Crippen LogP contribution in [0, 0.1) is 6.92 Å². The first-order valence-electron chi connectivity index (χ1n) is 10.3. The minimum Gasteiger partial charge on any atom is -0.292 e. The minimum absolute atomic E-state index is 0.0953. The average Bonchev–Trinajstić information content (AvgIpc) is 3.15. The Morgan fingerprint density at radius 2 is 1.41 bits per heavy atom. The second kappa shape index (κ2) is 7.76. The van der Waals surface area contributed by atoms with Gasteiger partial charge in [0, 0.05) is 5.69 Å². The average molecular weight is 444 g/mol. The van der Waals surface area contributed by atoms with Gasteiger partial charge in [0.1, 0.15) is 11.5 Å². The van der Waals surface area contributed by atoms with E-state index in [-0.39, 0.29) is 18.1 Å². The smallest absolute Gasteiger partial charge is 0.251 e. The summed E-state index contributed by atoms with van der Waals surface area (Å²) < 4.78 is 30.6. The Balaban J connectivity index is 1.77. The van der Waals surface area contributed by atoms with Crippen LogP contribution in [0.25, 0.3) is 5.69 Å². The predicted octanol–water partition coefficient (Wildman–Crippen LogP) is 4.45. The molecule has 32 heavy (non-hydrogen) atoms. The van der Waals surface area contributed by atoms with Gasteiger partial charge in [0.25, 0.3) is 10.0 Å². The summed E-state index contributed by atoms with van der Waals surface area (Å²) in [6, 6.07) is 27.4. The number of Topliss-reactive ketones (excluding diaryl/α,β-unsaturated/α-hetero) is 1. The molecule has 0 aliphatic carbocycles. The number of hydrogen-bond donors (Lipinski definition) is 0. The van der Waals surface area contributed by atoms with E-state index in [1.54, 1.807) is 41.8 Å². The number of anilines is 1. The molecule has 1 aliphatic rings. The number of benzene rings is 3.